The van der Waals surface area contributed by atoms with E-state index in [1.165, 1.54) is 0 Å². The van der Waals surface area contributed by atoms with E-state index in [1.54, 1.807) is 12.1 Å². The standard InChI is InChI=1S/C12H16N4O2S/c1-12(4-5-19(17,18)7-12)16-11-14-9-3-2-8(13)6-10(9)15-11/h2-3,6H,4-5,7,13H2,1H3,(H2,14,15,16). The Hall–Kier alpha value is -1.76. The lowest BCUT2D eigenvalue weighted by molar-refractivity contribution is 0.570. The van der Waals surface area contributed by atoms with Crippen LogP contribution in [0.25, 0.3) is 11.0 Å². The Balaban J connectivity index is 1.90. The maximum Gasteiger partial charge on any atom is 0.201 e. The first-order valence-corrected chi connectivity index (χ1v) is 7.91. The number of benzene rings is 1. The zero-order valence-corrected chi connectivity index (χ0v) is 11.4. The van der Waals surface area contributed by atoms with Crippen LogP contribution in [0.5, 0.6) is 0 Å². The summed E-state index contributed by atoms with van der Waals surface area (Å²) < 4.78 is 23.1. The van der Waals surface area contributed by atoms with Gasteiger partial charge < -0.3 is 16.0 Å². The highest BCUT2D eigenvalue weighted by atomic mass is 32.2. The van der Waals surface area contributed by atoms with E-state index >= 15 is 0 Å². The summed E-state index contributed by atoms with van der Waals surface area (Å²) >= 11 is 0. The minimum absolute atomic E-state index is 0.138. The molecule has 1 aromatic heterocycles. The van der Waals surface area contributed by atoms with Crippen LogP contribution < -0.4 is 11.1 Å². The number of nitrogens with zero attached hydrogens (tertiary/aromatic N) is 1. The van der Waals surface area contributed by atoms with Crippen molar-refractivity contribution in [2.45, 2.75) is 18.9 Å². The zero-order valence-electron chi connectivity index (χ0n) is 10.6. The molecule has 1 unspecified atom stereocenters. The first kappa shape index (κ1) is 12.3. The number of fused-ring (bicyclic) bond motifs is 1. The number of hydrogen-bond donors (Lipinski definition) is 3. The van der Waals surface area contributed by atoms with Crippen molar-refractivity contribution in [2.75, 3.05) is 22.6 Å². The molecule has 2 heterocycles. The van der Waals surface area contributed by atoms with Gasteiger partial charge in [-0.15, -0.1) is 0 Å². The van der Waals surface area contributed by atoms with Crippen LogP contribution in [0.15, 0.2) is 18.2 Å². The normalized spacial score (nSPS) is 25.7. The number of aromatic amines is 1. The van der Waals surface area contributed by atoms with Crippen molar-refractivity contribution < 1.29 is 8.42 Å². The van der Waals surface area contributed by atoms with Gasteiger partial charge in [0, 0.05) is 5.69 Å². The van der Waals surface area contributed by atoms with Gasteiger partial charge >= 0.3 is 0 Å². The van der Waals surface area contributed by atoms with Crippen molar-refractivity contribution in [1.82, 2.24) is 9.97 Å². The topological polar surface area (TPSA) is 101 Å². The highest BCUT2D eigenvalue weighted by molar-refractivity contribution is 7.91. The monoisotopic (exact) mass is 280 g/mol. The van der Waals surface area contributed by atoms with Crippen molar-refractivity contribution in [3.8, 4) is 0 Å². The Labute approximate surface area is 111 Å². The maximum absolute atomic E-state index is 11.6. The average Bonchev–Trinajstić information content (AvgIpc) is 2.78. The van der Waals surface area contributed by atoms with E-state index in [0.717, 1.165) is 11.0 Å². The van der Waals surface area contributed by atoms with Crippen LogP contribution in [0.3, 0.4) is 0 Å². The number of H-pyrrole nitrogens is 1. The van der Waals surface area contributed by atoms with Crippen molar-refractivity contribution in [1.29, 1.82) is 0 Å². The van der Waals surface area contributed by atoms with E-state index in [4.69, 9.17) is 5.73 Å². The largest absolute Gasteiger partial charge is 0.399 e. The summed E-state index contributed by atoms with van der Waals surface area (Å²) in [5.74, 6) is 0.947. The second-order valence-corrected chi connectivity index (χ2v) is 7.57. The predicted molar refractivity (Wildman–Crippen MR) is 75.8 cm³/mol. The summed E-state index contributed by atoms with van der Waals surface area (Å²) in [5.41, 5.74) is 7.56. The van der Waals surface area contributed by atoms with Crippen LogP contribution in [0.1, 0.15) is 13.3 Å². The lowest BCUT2D eigenvalue weighted by Crippen LogP contribution is -2.36. The fourth-order valence-electron chi connectivity index (χ4n) is 2.48. The molecular formula is C12H16N4O2S. The summed E-state index contributed by atoms with van der Waals surface area (Å²) in [7, 11) is -2.93. The van der Waals surface area contributed by atoms with E-state index < -0.39 is 15.4 Å². The molecule has 0 aliphatic carbocycles. The Kier molecular flexibility index (Phi) is 2.50. The van der Waals surface area contributed by atoms with Crippen molar-refractivity contribution in [2.24, 2.45) is 0 Å². The molecule has 3 rings (SSSR count). The quantitative estimate of drug-likeness (QED) is 0.716. The van der Waals surface area contributed by atoms with Crippen molar-refractivity contribution >= 4 is 32.5 Å². The first-order valence-electron chi connectivity index (χ1n) is 6.09. The number of nitrogens with two attached hydrogens (primary N) is 1. The third kappa shape index (κ3) is 2.37. The Morgan fingerprint density at radius 1 is 1.47 bits per heavy atom. The molecule has 0 amide bonds. The highest BCUT2D eigenvalue weighted by Crippen LogP contribution is 2.27. The number of imidazole rings is 1. The van der Waals surface area contributed by atoms with Crippen LogP contribution in [0.4, 0.5) is 11.6 Å². The van der Waals surface area contributed by atoms with Gasteiger partial charge in [0.15, 0.2) is 9.84 Å². The molecule has 1 aliphatic heterocycles. The van der Waals surface area contributed by atoms with Gasteiger partial charge in [-0.1, -0.05) is 0 Å². The van der Waals surface area contributed by atoms with Gasteiger partial charge in [-0.05, 0) is 31.5 Å². The summed E-state index contributed by atoms with van der Waals surface area (Å²) in [6, 6.07) is 5.43. The summed E-state index contributed by atoms with van der Waals surface area (Å²) in [4.78, 5) is 7.51. The number of hydrogen-bond acceptors (Lipinski definition) is 5. The van der Waals surface area contributed by atoms with Crippen molar-refractivity contribution in [3.05, 3.63) is 18.2 Å². The SMILES string of the molecule is CC1(Nc2nc3ccc(N)cc3[nH]2)CCS(=O)(=O)C1. The second kappa shape index (κ2) is 3.86. The van der Waals surface area contributed by atoms with E-state index in [9.17, 15) is 8.42 Å². The van der Waals surface area contributed by atoms with Gasteiger partial charge in [-0.3, -0.25) is 0 Å². The number of sulfone groups is 1. The molecule has 1 saturated heterocycles. The number of nitrogen functional groups attached to an aromatic ring is 1. The Morgan fingerprint density at radius 3 is 2.95 bits per heavy atom. The van der Waals surface area contributed by atoms with Crippen molar-refractivity contribution in [3.63, 3.8) is 0 Å². The molecular weight excluding hydrogens is 264 g/mol. The summed E-state index contributed by atoms with van der Waals surface area (Å²) in [6.07, 6.45) is 0.592. The van der Waals surface area contributed by atoms with E-state index in [2.05, 4.69) is 15.3 Å². The molecule has 102 valence electrons. The Bertz CT molecular complexity index is 737. The maximum atomic E-state index is 11.6. The van der Waals surface area contributed by atoms with E-state index in [1.807, 2.05) is 13.0 Å². The molecule has 4 N–H and O–H groups in total. The van der Waals surface area contributed by atoms with Crippen LogP contribution in [0, 0.1) is 0 Å². The molecule has 0 saturated carbocycles. The number of anilines is 2. The smallest absolute Gasteiger partial charge is 0.201 e. The van der Waals surface area contributed by atoms with Crippen LogP contribution in [0.2, 0.25) is 0 Å². The predicted octanol–water partition coefficient (Wildman–Crippen LogP) is 1.13. The molecule has 1 atom stereocenters. The minimum Gasteiger partial charge on any atom is -0.399 e. The van der Waals surface area contributed by atoms with Gasteiger partial charge in [0.05, 0.1) is 28.1 Å². The van der Waals surface area contributed by atoms with Gasteiger partial charge in [0.1, 0.15) is 0 Å². The summed E-state index contributed by atoms with van der Waals surface area (Å²) in [6.45, 7) is 1.90. The molecule has 6 nitrogen and oxygen atoms in total. The molecule has 2 aromatic rings. The molecule has 19 heavy (non-hydrogen) atoms. The van der Waals surface area contributed by atoms with Crippen LogP contribution >= 0.6 is 0 Å². The first-order chi connectivity index (χ1) is 8.85. The zero-order chi connectivity index (χ0) is 13.7. The van der Waals surface area contributed by atoms with Crippen LogP contribution in [-0.2, 0) is 9.84 Å². The molecule has 0 radical (unpaired) electrons. The highest BCUT2D eigenvalue weighted by Gasteiger charge is 2.38. The van der Waals surface area contributed by atoms with Gasteiger partial charge in [-0.25, -0.2) is 13.4 Å². The third-order valence-corrected chi connectivity index (χ3v) is 5.33. The molecule has 1 fully saturated rings. The number of aromatic nitrogens is 2. The molecule has 7 heteroatoms. The molecule has 1 aliphatic rings. The van der Waals surface area contributed by atoms with Crippen LogP contribution in [-0.4, -0.2) is 35.4 Å². The minimum atomic E-state index is -2.93. The van der Waals surface area contributed by atoms with Gasteiger partial charge in [-0.2, -0.15) is 0 Å². The molecule has 1 aromatic carbocycles. The fourth-order valence-corrected chi connectivity index (χ4v) is 4.57. The third-order valence-electron chi connectivity index (χ3n) is 3.43. The average molecular weight is 280 g/mol. The van der Waals surface area contributed by atoms with Gasteiger partial charge in [0.2, 0.25) is 5.95 Å². The molecule has 0 bridgehead atoms. The molecule has 0 spiro atoms. The number of rotatable bonds is 2. The fraction of sp³-hybridized carbons (Fsp3) is 0.417. The van der Waals surface area contributed by atoms with E-state index in [-0.39, 0.29) is 11.5 Å². The lowest BCUT2D eigenvalue weighted by atomic mass is 10.0. The lowest BCUT2D eigenvalue weighted by Gasteiger charge is -2.23. The van der Waals surface area contributed by atoms with Gasteiger partial charge in [0.25, 0.3) is 0 Å². The van der Waals surface area contributed by atoms with E-state index in [0.29, 0.717) is 18.1 Å². The number of nitrogens with one attached hydrogen (secondary N) is 2. The second-order valence-electron chi connectivity index (χ2n) is 5.39. The summed E-state index contributed by atoms with van der Waals surface area (Å²) in [5, 5.41) is 3.20. The Morgan fingerprint density at radius 2 is 2.26 bits per heavy atom.